The third kappa shape index (κ3) is 3.13. The molecule has 1 aliphatic heterocycles. The second-order valence-electron chi connectivity index (χ2n) is 4.09. The average molecular weight is 252 g/mol. The van der Waals surface area contributed by atoms with Gasteiger partial charge < -0.3 is 18.9 Å². The molecule has 1 unspecified atom stereocenters. The van der Waals surface area contributed by atoms with E-state index in [0.717, 1.165) is 17.1 Å². The topological polar surface area (TPSA) is 54.0 Å². The number of carbonyl (C=O) groups excluding carboxylic acids is 1. The fourth-order valence-electron chi connectivity index (χ4n) is 1.65. The van der Waals surface area contributed by atoms with E-state index < -0.39 is 0 Å². The van der Waals surface area contributed by atoms with E-state index in [0.29, 0.717) is 6.61 Å². The van der Waals surface area contributed by atoms with Crippen LogP contribution in [0.3, 0.4) is 0 Å². The molecule has 0 radical (unpaired) electrons. The molecule has 0 fully saturated rings. The Morgan fingerprint density at radius 1 is 1.39 bits per heavy atom. The smallest absolute Gasteiger partial charge is 0.308 e. The number of carbonyl (C=O) groups is 1. The molecule has 18 heavy (non-hydrogen) atoms. The van der Waals surface area contributed by atoms with Crippen LogP contribution in [-0.4, -0.2) is 26.0 Å². The van der Waals surface area contributed by atoms with Gasteiger partial charge in [-0.25, -0.2) is 0 Å². The summed E-state index contributed by atoms with van der Waals surface area (Å²) in [6.45, 7) is 2.52. The maximum Gasteiger partial charge on any atom is 0.308 e. The van der Waals surface area contributed by atoms with Crippen LogP contribution in [0.25, 0.3) is 0 Å². The lowest BCUT2D eigenvalue weighted by Crippen LogP contribution is -2.15. The predicted molar refractivity (Wildman–Crippen MR) is 63.4 cm³/mol. The quantitative estimate of drug-likeness (QED) is 0.749. The number of hydrogen-bond acceptors (Lipinski definition) is 5. The van der Waals surface area contributed by atoms with Gasteiger partial charge in [0.05, 0.1) is 26.2 Å². The molecule has 0 amide bonds. The van der Waals surface area contributed by atoms with Crippen LogP contribution in [0.2, 0.25) is 0 Å². The van der Waals surface area contributed by atoms with Gasteiger partial charge in [-0.2, -0.15) is 0 Å². The highest BCUT2D eigenvalue weighted by atomic mass is 16.7. The van der Waals surface area contributed by atoms with Crippen LogP contribution < -0.4 is 9.47 Å². The zero-order valence-corrected chi connectivity index (χ0v) is 10.5. The van der Waals surface area contributed by atoms with E-state index in [1.807, 2.05) is 25.1 Å². The lowest BCUT2D eigenvalue weighted by molar-refractivity contribution is -0.143. The van der Waals surface area contributed by atoms with Gasteiger partial charge in [0, 0.05) is 0 Å². The van der Waals surface area contributed by atoms with Crippen LogP contribution in [0, 0.1) is 0 Å². The Balaban J connectivity index is 1.85. The van der Waals surface area contributed by atoms with E-state index in [9.17, 15) is 4.79 Å². The highest BCUT2D eigenvalue weighted by molar-refractivity contribution is 5.69. The summed E-state index contributed by atoms with van der Waals surface area (Å²) in [7, 11) is 1.37. The van der Waals surface area contributed by atoms with E-state index in [4.69, 9.17) is 14.2 Å². The molecule has 0 saturated carbocycles. The summed E-state index contributed by atoms with van der Waals surface area (Å²) < 4.78 is 20.6. The van der Waals surface area contributed by atoms with Gasteiger partial charge in [0.1, 0.15) is 0 Å². The van der Waals surface area contributed by atoms with E-state index in [2.05, 4.69) is 4.74 Å². The molecule has 0 aliphatic carbocycles. The zero-order chi connectivity index (χ0) is 13.0. The van der Waals surface area contributed by atoms with E-state index >= 15 is 0 Å². The Morgan fingerprint density at radius 3 is 2.94 bits per heavy atom. The van der Waals surface area contributed by atoms with Gasteiger partial charge >= 0.3 is 5.97 Å². The maximum atomic E-state index is 11.0. The fraction of sp³-hybridized carbons (Fsp3) is 0.462. The highest BCUT2D eigenvalue weighted by Crippen LogP contribution is 2.32. The lowest BCUT2D eigenvalue weighted by atomic mass is 10.2. The first-order valence-electron chi connectivity index (χ1n) is 5.76. The summed E-state index contributed by atoms with van der Waals surface area (Å²) in [6, 6.07) is 5.65. The van der Waals surface area contributed by atoms with Gasteiger partial charge in [-0.05, 0) is 24.6 Å². The molecule has 1 aromatic carbocycles. The van der Waals surface area contributed by atoms with Gasteiger partial charge in [-0.3, -0.25) is 4.79 Å². The van der Waals surface area contributed by atoms with Crippen LogP contribution in [0.4, 0.5) is 0 Å². The Kier molecular flexibility index (Phi) is 4.04. The first kappa shape index (κ1) is 12.7. The van der Waals surface area contributed by atoms with Crippen molar-refractivity contribution in [3.05, 3.63) is 23.8 Å². The molecule has 0 spiro atoms. The lowest BCUT2D eigenvalue weighted by Gasteiger charge is -2.12. The molecule has 5 heteroatoms. The number of benzene rings is 1. The molecule has 5 nitrogen and oxygen atoms in total. The Morgan fingerprint density at radius 2 is 2.17 bits per heavy atom. The first-order chi connectivity index (χ1) is 8.69. The summed E-state index contributed by atoms with van der Waals surface area (Å²) in [5.74, 6) is 1.21. The second kappa shape index (κ2) is 5.73. The van der Waals surface area contributed by atoms with Crippen molar-refractivity contribution in [3.8, 4) is 11.5 Å². The molecule has 98 valence electrons. The van der Waals surface area contributed by atoms with Crippen molar-refractivity contribution in [1.29, 1.82) is 0 Å². The standard InChI is InChI=1S/C13H16O5/c1-9(5-13(14)15-2)16-7-10-3-4-11-12(6-10)18-8-17-11/h3-4,6,9H,5,7-8H2,1-2H3. The van der Waals surface area contributed by atoms with Crippen LogP contribution >= 0.6 is 0 Å². The van der Waals surface area contributed by atoms with Crippen molar-refractivity contribution in [2.45, 2.75) is 26.1 Å². The summed E-state index contributed by atoms with van der Waals surface area (Å²) in [6.07, 6.45) is 0.0731. The summed E-state index contributed by atoms with van der Waals surface area (Å²) >= 11 is 0. The van der Waals surface area contributed by atoms with Crippen molar-refractivity contribution >= 4 is 5.97 Å². The minimum atomic E-state index is -0.270. The minimum absolute atomic E-state index is 0.178. The van der Waals surface area contributed by atoms with Crippen LogP contribution in [-0.2, 0) is 20.9 Å². The van der Waals surface area contributed by atoms with Gasteiger partial charge in [0.15, 0.2) is 11.5 Å². The minimum Gasteiger partial charge on any atom is -0.469 e. The molecular weight excluding hydrogens is 236 g/mol. The summed E-state index contributed by atoms with van der Waals surface area (Å²) in [4.78, 5) is 11.0. The molecule has 0 N–H and O–H groups in total. The number of fused-ring (bicyclic) bond motifs is 1. The Labute approximate surface area is 106 Å². The van der Waals surface area contributed by atoms with Crippen molar-refractivity contribution in [3.63, 3.8) is 0 Å². The van der Waals surface area contributed by atoms with Crippen molar-refractivity contribution in [2.75, 3.05) is 13.9 Å². The monoisotopic (exact) mass is 252 g/mol. The van der Waals surface area contributed by atoms with E-state index in [1.54, 1.807) is 0 Å². The van der Waals surface area contributed by atoms with E-state index in [1.165, 1.54) is 7.11 Å². The Hall–Kier alpha value is -1.75. The molecule has 2 rings (SSSR count). The fourth-order valence-corrected chi connectivity index (χ4v) is 1.65. The molecule has 1 atom stereocenters. The SMILES string of the molecule is COC(=O)CC(C)OCc1ccc2c(c1)OCO2. The normalized spacial score (nSPS) is 14.3. The van der Waals surface area contributed by atoms with Crippen molar-refractivity contribution in [2.24, 2.45) is 0 Å². The van der Waals surface area contributed by atoms with Crippen LogP contribution in [0.1, 0.15) is 18.9 Å². The third-order valence-electron chi connectivity index (χ3n) is 2.65. The van der Waals surface area contributed by atoms with E-state index in [-0.39, 0.29) is 25.3 Å². The van der Waals surface area contributed by atoms with Gasteiger partial charge in [0.2, 0.25) is 6.79 Å². The average Bonchev–Trinajstić information content (AvgIpc) is 2.83. The first-order valence-corrected chi connectivity index (χ1v) is 5.76. The molecule has 1 aromatic rings. The third-order valence-corrected chi connectivity index (χ3v) is 2.65. The largest absolute Gasteiger partial charge is 0.469 e. The molecule has 1 heterocycles. The highest BCUT2D eigenvalue weighted by Gasteiger charge is 2.14. The Bertz CT molecular complexity index is 429. The second-order valence-corrected chi connectivity index (χ2v) is 4.09. The van der Waals surface area contributed by atoms with Gasteiger partial charge in [-0.1, -0.05) is 6.07 Å². The van der Waals surface area contributed by atoms with Crippen LogP contribution in [0.15, 0.2) is 18.2 Å². The molecular formula is C13H16O5. The number of methoxy groups -OCH3 is 1. The number of ether oxygens (including phenoxy) is 4. The molecule has 0 bridgehead atoms. The molecule has 1 aliphatic rings. The predicted octanol–water partition coefficient (Wildman–Crippen LogP) is 1.88. The van der Waals surface area contributed by atoms with Gasteiger partial charge in [0.25, 0.3) is 0 Å². The molecule has 0 aromatic heterocycles. The van der Waals surface area contributed by atoms with Crippen molar-refractivity contribution in [1.82, 2.24) is 0 Å². The van der Waals surface area contributed by atoms with Crippen LogP contribution in [0.5, 0.6) is 11.5 Å². The van der Waals surface area contributed by atoms with Gasteiger partial charge in [-0.15, -0.1) is 0 Å². The van der Waals surface area contributed by atoms with Crippen molar-refractivity contribution < 1.29 is 23.7 Å². The number of hydrogen-bond donors (Lipinski definition) is 0. The zero-order valence-electron chi connectivity index (χ0n) is 10.5. The summed E-state index contributed by atoms with van der Waals surface area (Å²) in [5, 5.41) is 0. The number of rotatable bonds is 5. The number of esters is 1. The maximum absolute atomic E-state index is 11.0. The summed E-state index contributed by atoms with van der Waals surface area (Å²) in [5.41, 5.74) is 0.982. The molecule has 0 saturated heterocycles.